The van der Waals surface area contributed by atoms with Crippen molar-refractivity contribution in [3.8, 4) is 5.75 Å². The van der Waals surface area contributed by atoms with Gasteiger partial charge in [-0.2, -0.15) is 0 Å². The van der Waals surface area contributed by atoms with Crippen molar-refractivity contribution in [3.05, 3.63) is 59.9 Å². The summed E-state index contributed by atoms with van der Waals surface area (Å²) >= 11 is 0. The second-order valence-electron chi connectivity index (χ2n) is 4.39. The summed E-state index contributed by atoms with van der Waals surface area (Å²) in [6.07, 6.45) is -1.39. The van der Waals surface area contributed by atoms with E-state index in [1.54, 1.807) is 24.5 Å². The van der Waals surface area contributed by atoms with Gasteiger partial charge in [-0.25, -0.2) is 0 Å². The number of pyridine rings is 1. The summed E-state index contributed by atoms with van der Waals surface area (Å²) in [5.74, 6) is -0.225. The van der Waals surface area contributed by atoms with E-state index in [2.05, 4.69) is 15.0 Å². The van der Waals surface area contributed by atoms with Gasteiger partial charge in [0.15, 0.2) is 0 Å². The first kappa shape index (κ1) is 15.3. The van der Waals surface area contributed by atoms with Crippen molar-refractivity contribution in [3.63, 3.8) is 0 Å². The van der Waals surface area contributed by atoms with Crippen LogP contribution >= 0.6 is 0 Å². The lowest BCUT2D eigenvalue weighted by atomic mass is 9.99. The van der Waals surface area contributed by atoms with Crippen molar-refractivity contribution in [2.75, 3.05) is 6.54 Å². The molecule has 0 fully saturated rings. The average Bonchev–Trinajstić information content (AvgIpc) is 2.44. The Labute approximate surface area is 120 Å². The molecule has 0 radical (unpaired) electrons. The second kappa shape index (κ2) is 6.58. The minimum atomic E-state index is -4.69. The number of aromatic nitrogens is 1. The summed E-state index contributed by atoms with van der Waals surface area (Å²) in [6.45, 7) is 2.61. The minimum absolute atomic E-state index is 0.213. The van der Waals surface area contributed by atoms with Crippen LogP contribution in [-0.4, -0.2) is 17.9 Å². The van der Waals surface area contributed by atoms with Crippen LogP contribution in [0.4, 0.5) is 13.2 Å². The van der Waals surface area contributed by atoms with Crippen LogP contribution in [0, 0.1) is 0 Å². The Bertz CT molecular complexity index is 573. The molecule has 6 heteroatoms. The number of nitrogens with zero attached hydrogens (tertiary/aromatic N) is 1. The Hall–Kier alpha value is -2.08. The molecule has 2 rings (SSSR count). The topological polar surface area (TPSA) is 34.2 Å². The van der Waals surface area contributed by atoms with E-state index in [9.17, 15) is 13.2 Å². The first-order chi connectivity index (χ1) is 9.99. The zero-order valence-electron chi connectivity index (χ0n) is 11.4. The van der Waals surface area contributed by atoms with Crippen molar-refractivity contribution >= 4 is 0 Å². The van der Waals surface area contributed by atoms with E-state index in [4.69, 9.17) is 0 Å². The number of benzene rings is 1. The molecule has 0 spiro atoms. The van der Waals surface area contributed by atoms with E-state index in [0.717, 1.165) is 5.56 Å². The van der Waals surface area contributed by atoms with Gasteiger partial charge in [-0.05, 0) is 41.9 Å². The van der Waals surface area contributed by atoms with Crippen molar-refractivity contribution in [1.29, 1.82) is 0 Å². The molecule has 1 heterocycles. The molecule has 0 bridgehead atoms. The van der Waals surface area contributed by atoms with Crippen LogP contribution in [0.2, 0.25) is 0 Å². The maximum absolute atomic E-state index is 12.3. The van der Waals surface area contributed by atoms with E-state index < -0.39 is 6.36 Å². The van der Waals surface area contributed by atoms with Gasteiger partial charge in [0.25, 0.3) is 0 Å². The number of halogens is 3. The van der Waals surface area contributed by atoms with E-state index in [1.807, 2.05) is 19.1 Å². The van der Waals surface area contributed by atoms with Crippen LogP contribution in [0.15, 0.2) is 48.8 Å². The Kier molecular flexibility index (Phi) is 4.80. The summed E-state index contributed by atoms with van der Waals surface area (Å²) in [5, 5.41) is 3.24. The Morgan fingerprint density at radius 1 is 1.14 bits per heavy atom. The van der Waals surface area contributed by atoms with Crippen LogP contribution in [0.3, 0.4) is 0 Å². The third kappa shape index (κ3) is 4.46. The fourth-order valence-electron chi connectivity index (χ4n) is 2.08. The monoisotopic (exact) mass is 296 g/mol. The van der Waals surface area contributed by atoms with Gasteiger partial charge in [0, 0.05) is 12.4 Å². The maximum Gasteiger partial charge on any atom is 0.573 e. The number of hydrogen-bond acceptors (Lipinski definition) is 3. The first-order valence-corrected chi connectivity index (χ1v) is 6.48. The van der Waals surface area contributed by atoms with E-state index in [-0.39, 0.29) is 11.8 Å². The number of rotatable bonds is 5. The fourth-order valence-corrected chi connectivity index (χ4v) is 2.08. The molecule has 1 atom stereocenters. The number of alkyl halides is 3. The molecule has 1 aromatic heterocycles. The Morgan fingerprint density at radius 3 is 2.48 bits per heavy atom. The van der Waals surface area contributed by atoms with Gasteiger partial charge < -0.3 is 10.1 Å². The molecule has 21 heavy (non-hydrogen) atoms. The summed E-state index contributed by atoms with van der Waals surface area (Å²) in [4.78, 5) is 3.95. The van der Waals surface area contributed by atoms with Crippen LogP contribution in [0.1, 0.15) is 24.1 Å². The average molecular weight is 296 g/mol. The normalized spacial score (nSPS) is 13.0. The predicted octanol–water partition coefficient (Wildman–Crippen LogP) is 3.68. The van der Waals surface area contributed by atoms with Crippen LogP contribution in [-0.2, 0) is 0 Å². The summed E-state index contributed by atoms with van der Waals surface area (Å²) in [5.41, 5.74) is 1.63. The smallest absolute Gasteiger partial charge is 0.406 e. The SMILES string of the molecule is CCNC(c1ccncc1)c1cccc(OC(F)(F)F)c1. The van der Waals surface area contributed by atoms with Crippen LogP contribution in [0.5, 0.6) is 5.75 Å². The molecule has 2 aromatic rings. The zero-order chi connectivity index (χ0) is 15.3. The number of hydrogen-bond donors (Lipinski definition) is 1. The first-order valence-electron chi connectivity index (χ1n) is 6.48. The van der Waals surface area contributed by atoms with Crippen LogP contribution in [0.25, 0.3) is 0 Å². The summed E-state index contributed by atoms with van der Waals surface area (Å²) < 4.78 is 40.9. The molecule has 3 nitrogen and oxygen atoms in total. The molecule has 0 saturated carbocycles. The third-order valence-electron chi connectivity index (χ3n) is 2.87. The van der Waals surface area contributed by atoms with Gasteiger partial charge in [-0.3, -0.25) is 4.98 Å². The van der Waals surface area contributed by atoms with Gasteiger partial charge in [-0.1, -0.05) is 19.1 Å². The van der Waals surface area contributed by atoms with Gasteiger partial charge in [0.05, 0.1) is 6.04 Å². The van der Waals surface area contributed by atoms with E-state index >= 15 is 0 Å². The maximum atomic E-state index is 12.3. The molecule has 1 unspecified atom stereocenters. The highest BCUT2D eigenvalue weighted by Crippen LogP contribution is 2.28. The van der Waals surface area contributed by atoms with Crippen molar-refractivity contribution < 1.29 is 17.9 Å². The third-order valence-corrected chi connectivity index (χ3v) is 2.87. The molecule has 0 saturated heterocycles. The van der Waals surface area contributed by atoms with Gasteiger partial charge in [-0.15, -0.1) is 13.2 Å². The molecule has 0 amide bonds. The second-order valence-corrected chi connectivity index (χ2v) is 4.39. The summed E-state index contributed by atoms with van der Waals surface area (Å²) in [7, 11) is 0. The highest BCUT2D eigenvalue weighted by atomic mass is 19.4. The van der Waals surface area contributed by atoms with E-state index in [0.29, 0.717) is 12.1 Å². The molecule has 1 aromatic carbocycles. The lowest BCUT2D eigenvalue weighted by Gasteiger charge is -2.19. The predicted molar refractivity (Wildman–Crippen MR) is 72.9 cm³/mol. The molecule has 0 aliphatic heterocycles. The molecular formula is C15H15F3N2O. The van der Waals surface area contributed by atoms with Gasteiger partial charge in [0.1, 0.15) is 5.75 Å². The van der Waals surface area contributed by atoms with Crippen molar-refractivity contribution in [1.82, 2.24) is 10.3 Å². The van der Waals surface area contributed by atoms with Crippen LogP contribution < -0.4 is 10.1 Å². The van der Waals surface area contributed by atoms with Crippen molar-refractivity contribution in [2.24, 2.45) is 0 Å². The Balaban J connectivity index is 2.31. The molecule has 112 valence electrons. The quantitative estimate of drug-likeness (QED) is 0.914. The van der Waals surface area contributed by atoms with E-state index in [1.165, 1.54) is 12.1 Å². The fraction of sp³-hybridized carbons (Fsp3) is 0.267. The lowest BCUT2D eigenvalue weighted by Crippen LogP contribution is -2.22. The summed E-state index contributed by atoms with van der Waals surface area (Å²) in [6, 6.07) is 9.41. The standard InChI is InChI=1S/C15H15F3N2O/c1-2-20-14(11-6-8-19-9-7-11)12-4-3-5-13(10-12)21-15(16,17)18/h3-10,14,20H,2H2,1H3. The molecule has 0 aliphatic rings. The molecule has 1 N–H and O–H groups in total. The highest BCUT2D eigenvalue weighted by Gasteiger charge is 2.31. The zero-order valence-corrected chi connectivity index (χ0v) is 11.4. The highest BCUT2D eigenvalue weighted by molar-refractivity contribution is 5.36. The largest absolute Gasteiger partial charge is 0.573 e. The van der Waals surface area contributed by atoms with Crippen molar-refractivity contribution in [2.45, 2.75) is 19.3 Å². The van der Waals surface area contributed by atoms with Gasteiger partial charge >= 0.3 is 6.36 Å². The Morgan fingerprint density at radius 2 is 1.86 bits per heavy atom. The lowest BCUT2D eigenvalue weighted by molar-refractivity contribution is -0.274. The number of ether oxygens (including phenoxy) is 1. The minimum Gasteiger partial charge on any atom is -0.406 e. The molecule has 0 aliphatic carbocycles. The number of nitrogens with one attached hydrogen (secondary N) is 1. The molecular weight excluding hydrogens is 281 g/mol. The van der Waals surface area contributed by atoms with Gasteiger partial charge in [0.2, 0.25) is 0 Å².